The fourth-order valence-corrected chi connectivity index (χ4v) is 3.15. The van der Waals surface area contributed by atoms with E-state index in [-0.39, 0.29) is 18.3 Å². The Morgan fingerprint density at radius 2 is 1.81 bits per heavy atom. The first-order valence-electron chi connectivity index (χ1n) is 8.26. The summed E-state index contributed by atoms with van der Waals surface area (Å²) in [5.41, 5.74) is 0. The van der Waals surface area contributed by atoms with Crippen LogP contribution in [0.2, 0.25) is 0 Å². The van der Waals surface area contributed by atoms with Crippen molar-refractivity contribution in [3.8, 4) is 11.5 Å². The van der Waals surface area contributed by atoms with Crippen molar-refractivity contribution >= 4 is 34.0 Å². The van der Waals surface area contributed by atoms with Gasteiger partial charge in [-0.05, 0) is 52.9 Å². The summed E-state index contributed by atoms with van der Waals surface area (Å²) in [6.45, 7) is 0.431. The monoisotopic (exact) mass is 369 g/mol. The van der Waals surface area contributed by atoms with Gasteiger partial charge in [-0.1, -0.05) is 18.2 Å². The maximum absolute atomic E-state index is 12.0. The van der Waals surface area contributed by atoms with Gasteiger partial charge in [-0.25, -0.2) is 0 Å². The minimum absolute atomic E-state index is 0.114. The maximum Gasteiger partial charge on any atom is 0.311 e. The number of carbonyl (C=O) groups is 2. The highest BCUT2D eigenvalue weighted by molar-refractivity contribution is 7.12. The summed E-state index contributed by atoms with van der Waals surface area (Å²) in [6, 6.07) is 14.8. The molecule has 0 fully saturated rings. The Labute approximate surface area is 155 Å². The second-order valence-electron chi connectivity index (χ2n) is 5.69. The van der Waals surface area contributed by atoms with Crippen molar-refractivity contribution in [2.24, 2.45) is 0 Å². The van der Waals surface area contributed by atoms with Gasteiger partial charge in [0.25, 0.3) is 5.91 Å². The van der Waals surface area contributed by atoms with Crippen LogP contribution < -0.4 is 14.8 Å². The van der Waals surface area contributed by atoms with E-state index in [1.165, 1.54) is 11.3 Å². The molecule has 1 amide bonds. The molecule has 0 aliphatic carbocycles. The van der Waals surface area contributed by atoms with E-state index in [2.05, 4.69) is 5.32 Å². The van der Waals surface area contributed by atoms with Gasteiger partial charge in [-0.3, -0.25) is 9.59 Å². The summed E-state index contributed by atoms with van der Waals surface area (Å²) in [5, 5.41) is 6.63. The van der Waals surface area contributed by atoms with Crippen molar-refractivity contribution < 1.29 is 19.1 Å². The van der Waals surface area contributed by atoms with E-state index >= 15 is 0 Å². The Kier molecular flexibility index (Phi) is 5.86. The number of fused-ring (bicyclic) bond motifs is 1. The molecule has 134 valence electrons. The number of benzene rings is 2. The van der Waals surface area contributed by atoms with Gasteiger partial charge in [0.05, 0.1) is 12.0 Å². The van der Waals surface area contributed by atoms with Crippen LogP contribution in [0.3, 0.4) is 0 Å². The highest BCUT2D eigenvalue weighted by atomic mass is 32.1. The number of thiophene rings is 1. The standard InChI is InChI=1S/C20H19NO4S/c1-24-16-8-6-14-7-9-17(13-15(14)12-16)25-19(22)5-2-10-21-20(23)18-4-3-11-26-18/h3-4,6-9,11-13H,2,5,10H2,1H3,(H,21,23). The van der Waals surface area contributed by atoms with Gasteiger partial charge >= 0.3 is 5.97 Å². The molecule has 1 N–H and O–H groups in total. The van der Waals surface area contributed by atoms with Gasteiger partial charge in [0.2, 0.25) is 0 Å². The van der Waals surface area contributed by atoms with Gasteiger partial charge in [-0.2, -0.15) is 0 Å². The zero-order valence-electron chi connectivity index (χ0n) is 14.4. The largest absolute Gasteiger partial charge is 0.497 e. The van der Waals surface area contributed by atoms with E-state index in [0.717, 1.165) is 16.5 Å². The van der Waals surface area contributed by atoms with E-state index in [9.17, 15) is 9.59 Å². The Morgan fingerprint density at radius 3 is 2.54 bits per heavy atom. The van der Waals surface area contributed by atoms with Gasteiger partial charge in [0, 0.05) is 13.0 Å². The molecule has 6 heteroatoms. The van der Waals surface area contributed by atoms with E-state index in [0.29, 0.717) is 23.6 Å². The molecule has 0 saturated heterocycles. The number of hydrogen-bond donors (Lipinski definition) is 1. The summed E-state index contributed by atoms with van der Waals surface area (Å²) in [7, 11) is 1.61. The molecule has 0 radical (unpaired) electrons. The molecule has 3 rings (SSSR count). The predicted octanol–water partition coefficient (Wildman–Crippen LogP) is 4.03. The van der Waals surface area contributed by atoms with Crippen LogP contribution in [0.5, 0.6) is 11.5 Å². The third-order valence-electron chi connectivity index (χ3n) is 3.84. The van der Waals surface area contributed by atoms with Crippen molar-refractivity contribution in [1.82, 2.24) is 5.32 Å². The van der Waals surface area contributed by atoms with Crippen molar-refractivity contribution in [3.63, 3.8) is 0 Å². The number of esters is 1. The lowest BCUT2D eigenvalue weighted by atomic mass is 10.1. The molecule has 0 bridgehead atoms. The second-order valence-corrected chi connectivity index (χ2v) is 6.63. The molecule has 1 aromatic heterocycles. The average Bonchev–Trinajstić information content (AvgIpc) is 3.19. The van der Waals surface area contributed by atoms with Crippen LogP contribution in [0, 0.1) is 0 Å². The number of ether oxygens (including phenoxy) is 2. The third kappa shape index (κ3) is 4.61. The summed E-state index contributed by atoms with van der Waals surface area (Å²) in [5.74, 6) is 0.815. The SMILES string of the molecule is COc1ccc2ccc(OC(=O)CCCNC(=O)c3cccs3)cc2c1. The minimum atomic E-state index is -0.322. The highest BCUT2D eigenvalue weighted by Crippen LogP contribution is 2.25. The fraction of sp³-hybridized carbons (Fsp3) is 0.200. The summed E-state index contributed by atoms with van der Waals surface area (Å²) in [6.07, 6.45) is 0.762. The molecule has 2 aromatic carbocycles. The average molecular weight is 369 g/mol. The molecule has 0 atom stereocenters. The number of hydrogen-bond acceptors (Lipinski definition) is 5. The molecule has 26 heavy (non-hydrogen) atoms. The Morgan fingerprint density at radius 1 is 1.04 bits per heavy atom. The maximum atomic E-state index is 12.0. The molecule has 0 saturated carbocycles. The highest BCUT2D eigenvalue weighted by Gasteiger charge is 2.08. The van der Waals surface area contributed by atoms with Crippen LogP contribution in [0.4, 0.5) is 0 Å². The number of nitrogens with one attached hydrogen (secondary N) is 1. The zero-order valence-corrected chi connectivity index (χ0v) is 15.2. The Bertz CT molecular complexity index is 905. The molecule has 0 aliphatic heterocycles. The molecule has 0 unspecified atom stereocenters. The lowest BCUT2D eigenvalue weighted by Crippen LogP contribution is -2.24. The Balaban J connectivity index is 1.48. The number of amides is 1. The van der Waals surface area contributed by atoms with Crippen LogP contribution in [0.1, 0.15) is 22.5 Å². The van der Waals surface area contributed by atoms with Crippen LogP contribution in [-0.2, 0) is 4.79 Å². The summed E-state index contributed by atoms with van der Waals surface area (Å²) >= 11 is 1.39. The van der Waals surface area contributed by atoms with E-state index in [4.69, 9.17) is 9.47 Å². The lowest BCUT2D eigenvalue weighted by Gasteiger charge is -2.07. The van der Waals surface area contributed by atoms with Crippen LogP contribution in [0.25, 0.3) is 10.8 Å². The zero-order chi connectivity index (χ0) is 18.4. The molecule has 0 aliphatic rings. The quantitative estimate of drug-likeness (QED) is 0.388. The van der Waals surface area contributed by atoms with Crippen molar-refractivity contribution in [2.45, 2.75) is 12.8 Å². The van der Waals surface area contributed by atoms with Crippen LogP contribution >= 0.6 is 11.3 Å². The van der Waals surface area contributed by atoms with Gasteiger partial charge < -0.3 is 14.8 Å². The van der Waals surface area contributed by atoms with E-state index < -0.39 is 0 Å². The first-order chi connectivity index (χ1) is 12.7. The molecule has 3 aromatic rings. The smallest absolute Gasteiger partial charge is 0.311 e. The minimum Gasteiger partial charge on any atom is -0.497 e. The first-order valence-corrected chi connectivity index (χ1v) is 9.14. The van der Waals surface area contributed by atoms with E-state index in [1.54, 1.807) is 19.2 Å². The van der Waals surface area contributed by atoms with Gasteiger partial charge in [-0.15, -0.1) is 11.3 Å². The van der Waals surface area contributed by atoms with Crippen LogP contribution in [-0.4, -0.2) is 25.5 Å². The van der Waals surface area contributed by atoms with Crippen LogP contribution in [0.15, 0.2) is 53.9 Å². The molecular formula is C20H19NO4S. The molecule has 5 nitrogen and oxygen atoms in total. The lowest BCUT2D eigenvalue weighted by molar-refractivity contribution is -0.134. The third-order valence-corrected chi connectivity index (χ3v) is 4.71. The number of methoxy groups -OCH3 is 1. The molecular weight excluding hydrogens is 350 g/mol. The van der Waals surface area contributed by atoms with Gasteiger partial charge in [0.15, 0.2) is 0 Å². The molecule has 0 spiro atoms. The summed E-state index contributed by atoms with van der Waals surface area (Å²) in [4.78, 5) is 24.4. The number of rotatable bonds is 7. The normalized spacial score (nSPS) is 10.5. The molecule has 1 heterocycles. The Hall–Kier alpha value is -2.86. The van der Waals surface area contributed by atoms with Gasteiger partial charge in [0.1, 0.15) is 11.5 Å². The summed E-state index contributed by atoms with van der Waals surface area (Å²) < 4.78 is 10.6. The topological polar surface area (TPSA) is 64.6 Å². The van der Waals surface area contributed by atoms with Crippen molar-refractivity contribution in [2.75, 3.05) is 13.7 Å². The van der Waals surface area contributed by atoms with Crippen molar-refractivity contribution in [1.29, 1.82) is 0 Å². The second kappa shape index (κ2) is 8.49. The fourth-order valence-electron chi connectivity index (χ4n) is 2.51. The number of carbonyl (C=O) groups excluding carboxylic acids is 2. The first kappa shape index (κ1) is 17.9. The van der Waals surface area contributed by atoms with E-state index in [1.807, 2.05) is 41.8 Å². The predicted molar refractivity (Wildman–Crippen MR) is 102 cm³/mol. The van der Waals surface area contributed by atoms with Crippen molar-refractivity contribution in [3.05, 3.63) is 58.8 Å².